The van der Waals surface area contributed by atoms with Gasteiger partial charge in [0.2, 0.25) is 0 Å². The van der Waals surface area contributed by atoms with Crippen molar-refractivity contribution >= 4 is 97.0 Å². The van der Waals surface area contributed by atoms with Crippen LogP contribution in [0.1, 0.15) is 16.7 Å². The molecule has 0 aliphatic heterocycles. The van der Waals surface area contributed by atoms with Gasteiger partial charge in [0.25, 0.3) is 5.91 Å². The van der Waals surface area contributed by atoms with Crippen LogP contribution in [0, 0.1) is 29.0 Å². The average Bonchev–Trinajstić information content (AvgIpc) is 2.75. The smallest absolute Gasteiger partial charge is 0.266 e. The number of anilines is 1. The fourth-order valence-electron chi connectivity index (χ4n) is 2.77. The topological polar surface area (TPSA) is 62.1 Å². The molecule has 8 heteroatoms. The number of nitriles is 1. The molecular weight excluding hydrogens is 764 g/mol. The van der Waals surface area contributed by atoms with Gasteiger partial charge in [0.1, 0.15) is 24.0 Å². The summed E-state index contributed by atoms with van der Waals surface area (Å²) in [5.41, 5.74) is 3.27. The van der Waals surface area contributed by atoms with E-state index in [1.165, 1.54) is 3.57 Å². The second-order valence-electron chi connectivity index (χ2n) is 6.81. The Balaban J connectivity index is 1.78. The van der Waals surface area contributed by atoms with E-state index in [2.05, 4.69) is 73.1 Å². The maximum atomic E-state index is 12.7. The predicted octanol–water partition coefficient (Wildman–Crippen LogP) is 7.59. The molecular formula is C24H16ClI3N2O2. The van der Waals surface area contributed by atoms with E-state index in [0.717, 1.165) is 29.6 Å². The lowest BCUT2D eigenvalue weighted by atomic mass is 10.1. The van der Waals surface area contributed by atoms with E-state index in [4.69, 9.17) is 16.3 Å². The lowest BCUT2D eigenvalue weighted by Gasteiger charge is -2.12. The quantitative estimate of drug-likeness (QED) is 0.160. The molecule has 0 unspecified atom stereocenters. The van der Waals surface area contributed by atoms with Crippen molar-refractivity contribution in [1.82, 2.24) is 0 Å². The van der Waals surface area contributed by atoms with E-state index < -0.39 is 5.91 Å². The van der Waals surface area contributed by atoms with Crippen LogP contribution in [0.4, 0.5) is 5.69 Å². The van der Waals surface area contributed by atoms with Gasteiger partial charge < -0.3 is 10.1 Å². The Labute approximate surface area is 232 Å². The molecule has 0 saturated heterocycles. The molecule has 4 nitrogen and oxygen atoms in total. The van der Waals surface area contributed by atoms with Crippen LogP contribution in [0.5, 0.6) is 5.75 Å². The number of nitrogens with zero attached hydrogens (tertiary/aromatic N) is 1. The highest BCUT2D eigenvalue weighted by Crippen LogP contribution is 2.31. The molecule has 0 bridgehead atoms. The van der Waals surface area contributed by atoms with E-state index in [9.17, 15) is 10.1 Å². The van der Waals surface area contributed by atoms with Gasteiger partial charge in [-0.1, -0.05) is 29.8 Å². The minimum Gasteiger partial charge on any atom is -0.487 e. The maximum absolute atomic E-state index is 12.7. The third-order valence-corrected chi connectivity index (χ3v) is 7.00. The number of ether oxygens (including phenoxy) is 1. The molecule has 3 rings (SSSR count). The number of amides is 1. The number of nitrogens with one attached hydrogen (secondary N) is 1. The molecule has 0 atom stereocenters. The van der Waals surface area contributed by atoms with Gasteiger partial charge >= 0.3 is 0 Å². The van der Waals surface area contributed by atoms with E-state index in [-0.39, 0.29) is 5.57 Å². The summed E-state index contributed by atoms with van der Waals surface area (Å²) in [5.74, 6) is 0.293. The third-order valence-electron chi connectivity index (χ3n) is 4.44. The molecule has 0 saturated carbocycles. The molecule has 32 heavy (non-hydrogen) atoms. The van der Waals surface area contributed by atoms with Crippen molar-refractivity contribution in [1.29, 1.82) is 5.26 Å². The van der Waals surface area contributed by atoms with Crippen LogP contribution in [-0.2, 0) is 11.4 Å². The molecule has 0 aliphatic carbocycles. The highest BCUT2D eigenvalue weighted by atomic mass is 127. The lowest BCUT2D eigenvalue weighted by Crippen LogP contribution is -2.14. The summed E-state index contributed by atoms with van der Waals surface area (Å²) < 4.78 is 9.01. The summed E-state index contributed by atoms with van der Waals surface area (Å²) in [6.07, 6.45) is 1.57. The Morgan fingerprint density at radius 1 is 1.09 bits per heavy atom. The van der Waals surface area contributed by atoms with Gasteiger partial charge in [0, 0.05) is 14.3 Å². The molecule has 0 aliphatic rings. The fourth-order valence-corrected chi connectivity index (χ4v) is 5.43. The molecule has 1 amide bonds. The monoisotopic (exact) mass is 780 g/mol. The first-order valence-electron chi connectivity index (χ1n) is 9.32. The number of hydrogen-bond acceptors (Lipinski definition) is 3. The van der Waals surface area contributed by atoms with Gasteiger partial charge in [-0.25, -0.2) is 0 Å². The third kappa shape index (κ3) is 6.82. The van der Waals surface area contributed by atoms with Gasteiger partial charge in [-0.15, -0.1) is 0 Å². The van der Waals surface area contributed by atoms with Crippen molar-refractivity contribution in [2.24, 2.45) is 0 Å². The number of benzene rings is 3. The predicted molar refractivity (Wildman–Crippen MR) is 154 cm³/mol. The Bertz CT molecular complexity index is 1210. The minimum absolute atomic E-state index is 0.00327. The number of aryl methyl sites for hydroxylation is 1. The molecule has 162 valence electrons. The van der Waals surface area contributed by atoms with Crippen LogP contribution >= 0.6 is 79.4 Å². The van der Waals surface area contributed by atoms with Gasteiger partial charge in [0.05, 0.1) is 7.14 Å². The zero-order valence-corrected chi connectivity index (χ0v) is 24.0. The normalized spacial score (nSPS) is 11.1. The van der Waals surface area contributed by atoms with Crippen molar-refractivity contribution in [2.45, 2.75) is 13.5 Å². The summed E-state index contributed by atoms with van der Waals surface area (Å²) in [5, 5.41) is 12.8. The van der Waals surface area contributed by atoms with Crippen LogP contribution in [0.25, 0.3) is 6.08 Å². The van der Waals surface area contributed by atoms with Crippen LogP contribution in [0.15, 0.2) is 60.2 Å². The zero-order valence-electron chi connectivity index (χ0n) is 16.8. The molecule has 0 aromatic heterocycles. The molecule has 0 radical (unpaired) electrons. The van der Waals surface area contributed by atoms with Crippen LogP contribution in [0.2, 0.25) is 5.02 Å². The average molecular weight is 781 g/mol. The molecule has 3 aromatic rings. The summed E-state index contributed by atoms with van der Waals surface area (Å²) in [6, 6.07) is 19.2. The number of carbonyl (C=O) groups is 1. The summed E-state index contributed by atoms with van der Waals surface area (Å²) >= 11 is 12.7. The number of rotatable bonds is 6. The highest BCUT2D eigenvalue weighted by molar-refractivity contribution is 14.1. The van der Waals surface area contributed by atoms with Crippen LogP contribution in [0.3, 0.4) is 0 Å². The van der Waals surface area contributed by atoms with Crippen molar-refractivity contribution < 1.29 is 9.53 Å². The Morgan fingerprint density at radius 3 is 2.38 bits per heavy atom. The SMILES string of the molecule is Cc1ccc(Cl)cc1NC(=O)/C(C#N)=C/c1cc(I)c(OCc2ccc(I)cc2)c(I)c1. The number of hydrogen-bond donors (Lipinski definition) is 1. The minimum atomic E-state index is -0.484. The number of carbonyl (C=O) groups excluding carboxylic acids is 1. The van der Waals surface area contributed by atoms with Gasteiger partial charge in [-0.2, -0.15) is 5.26 Å². The molecule has 0 fully saturated rings. The Morgan fingerprint density at radius 2 is 1.75 bits per heavy atom. The second kappa shape index (κ2) is 11.7. The first kappa shape index (κ1) is 25.3. The lowest BCUT2D eigenvalue weighted by molar-refractivity contribution is -0.112. The maximum Gasteiger partial charge on any atom is 0.266 e. The number of halogens is 4. The fraction of sp³-hybridized carbons (Fsp3) is 0.0833. The van der Waals surface area contributed by atoms with Gasteiger partial charge in [0.15, 0.2) is 0 Å². The molecule has 1 N–H and O–H groups in total. The van der Waals surface area contributed by atoms with E-state index in [1.807, 2.05) is 55.5 Å². The van der Waals surface area contributed by atoms with Gasteiger partial charge in [-0.3, -0.25) is 4.79 Å². The van der Waals surface area contributed by atoms with Crippen molar-refractivity contribution in [3.63, 3.8) is 0 Å². The van der Waals surface area contributed by atoms with E-state index in [1.54, 1.807) is 18.2 Å². The van der Waals surface area contributed by atoms with Gasteiger partial charge in [-0.05, 0) is 134 Å². The second-order valence-corrected chi connectivity index (χ2v) is 10.8. The van der Waals surface area contributed by atoms with E-state index >= 15 is 0 Å². The molecule has 0 spiro atoms. The van der Waals surface area contributed by atoms with Crippen molar-refractivity contribution in [3.05, 3.63) is 92.6 Å². The first-order chi connectivity index (χ1) is 15.3. The van der Waals surface area contributed by atoms with Crippen molar-refractivity contribution in [2.75, 3.05) is 5.32 Å². The standard InChI is InChI=1S/C24H16ClI3N2O2/c1-14-2-5-18(25)11-22(14)30-24(31)17(12-29)8-16-9-20(27)23(21(28)10-16)32-13-15-3-6-19(26)7-4-15/h2-11H,13H2,1H3,(H,30,31)/b17-8+. The highest BCUT2D eigenvalue weighted by Gasteiger charge is 2.14. The Kier molecular flexibility index (Phi) is 9.22. The summed E-state index contributed by atoms with van der Waals surface area (Å²) in [7, 11) is 0. The Hall–Kier alpha value is -1.36. The zero-order chi connectivity index (χ0) is 23.3. The van der Waals surface area contributed by atoms with Crippen LogP contribution < -0.4 is 10.1 Å². The van der Waals surface area contributed by atoms with Crippen molar-refractivity contribution in [3.8, 4) is 11.8 Å². The largest absolute Gasteiger partial charge is 0.487 e. The van der Waals surface area contributed by atoms with Crippen LogP contribution in [-0.4, -0.2) is 5.91 Å². The molecule has 3 aromatic carbocycles. The van der Waals surface area contributed by atoms with E-state index in [0.29, 0.717) is 17.3 Å². The summed E-state index contributed by atoms with van der Waals surface area (Å²) in [4.78, 5) is 12.7. The first-order valence-corrected chi connectivity index (χ1v) is 12.9. The summed E-state index contributed by atoms with van der Waals surface area (Å²) in [6.45, 7) is 2.32. The molecule has 0 heterocycles.